The maximum Gasteiger partial charge on any atom is 0.0582 e. The lowest BCUT2D eigenvalue weighted by molar-refractivity contribution is 0.204. The number of hydrogen-bond acceptors (Lipinski definition) is 2. The van der Waals surface area contributed by atoms with Gasteiger partial charge in [-0.05, 0) is 43.4 Å². The Balaban J connectivity index is 1.82. The molecule has 0 saturated heterocycles. The zero-order chi connectivity index (χ0) is 11.5. The first-order valence-corrected chi connectivity index (χ1v) is 6.60. The molecule has 3 heteroatoms. The molecule has 0 aromatic heterocycles. The fourth-order valence-electron chi connectivity index (χ4n) is 2.22. The van der Waals surface area contributed by atoms with Crippen LogP contribution in [0.4, 0.5) is 0 Å². The smallest absolute Gasteiger partial charge is 0.0582 e. The SMILES string of the molecule is CC(CO)NC1CC(c2ccc(Br)cc2)C1. The molecule has 88 valence electrons. The predicted molar refractivity (Wildman–Crippen MR) is 69.6 cm³/mol. The van der Waals surface area contributed by atoms with Crippen molar-refractivity contribution in [2.75, 3.05) is 6.61 Å². The van der Waals surface area contributed by atoms with Gasteiger partial charge in [0.05, 0.1) is 6.61 Å². The van der Waals surface area contributed by atoms with E-state index in [1.165, 1.54) is 18.4 Å². The molecular formula is C13H18BrNO. The molecule has 1 fully saturated rings. The van der Waals surface area contributed by atoms with Gasteiger partial charge in [0.15, 0.2) is 0 Å². The monoisotopic (exact) mass is 283 g/mol. The van der Waals surface area contributed by atoms with Crippen LogP contribution in [-0.2, 0) is 0 Å². The molecule has 0 aliphatic heterocycles. The van der Waals surface area contributed by atoms with Gasteiger partial charge < -0.3 is 10.4 Å². The molecule has 1 aliphatic carbocycles. The topological polar surface area (TPSA) is 32.3 Å². The van der Waals surface area contributed by atoms with E-state index >= 15 is 0 Å². The van der Waals surface area contributed by atoms with Crippen LogP contribution in [0, 0.1) is 0 Å². The van der Waals surface area contributed by atoms with Crippen molar-refractivity contribution < 1.29 is 5.11 Å². The molecule has 1 unspecified atom stereocenters. The van der Waals surface area contributed by atoms with Crippen LogP contribution in [0.5, 0.6) is 0 Å². The molecule has 0 heterocycles. The Kier molecular flexibility index (Phi) is 4.00. The summed E-state index contributed by atoms with van der Waals surface area (Å²) < 4.78 is 1.14. The molecule has 0 bridgehead atoms. The van der Waals surface area contributed by atoms with Gasteiger partial charge in [0.1, 0.15) is 0 Å². The summed E-state index contributed by atoms with van der Waals surface area (Å²) in [6, 6.07) is 9.39. The summed E-state index contributed by atoms with van der Waals surface area (Å²) in [6.07, 6.45) is 2.37. The first-order chi connectivity index (χ1) is 7.69. The Hall–Kier alpha value is -0.380. The van der Waals surface area contributed by atoms with Gasteiger partial charge in [-0.3, -0.25) is 0 Å². The third-order valence-electron chi connectivity index (χ3n) is 3.27. The quantitative estimate of drug-likeness (QED) is 0.891. The standard InChI is InChI=1S/C13H18BrNO/c1-9(8-16)15-13-6-11(7-13)10-2-4-12(14)5-3-10/h2-5,9,11,13,15-16H,6-8H2,1H3. The van der Waals surface area contributed by atoms with Gasteiger partial charge in [-0.1, -0.05) is 28.1 Å². The lowest BCUT2D eigenvalue weighted by Gasteiger charge is -2.38. The number of aliphatic hydroxyl groups excluding tert-OH is 1. The van der Waals surface area contributed by atoms with E-state index in [9.17, 15) is 0 Å². The molecule has 2 N–H and O–H groups in total. The molecule has 2 rings (SSSR count). The van der Waals surface area contributed by atoms with Crippen molar-refractivity contribution in [3.05, 3.63) is 34.3 Å². The second-order valence-electron chi connectivity index (χ2n) is 4.67. The third-order valence-corrected chi connectivity index (χ3v) is 3.80. The zero-order valence-electron chi connectivity index (χ0n) is 9.49. The van der Waals surface area contributed by atoms with E-state index < -0.39 is 0 Å². The maximum absolute atomic E-state index is 8.95. The van der Waals surface area contributed by atoms with Crippen LogP contribution in [0.2, 0.25) is 0 Å². The Morgan fingerprint density at radius 2 is 2.00 bits per heavy atom. The number of hydrogen-bond donors (Lipinski definition) is 2. The molecule has 0 spiro atoms. The van der Waals surface area contributed by atoms with Crippen LogP contribution in [0.1, 0.15) is 31.2 Å². The summed E-state index contributed by atoms with van der Waals surface area (Å²) in [5.74, 6) is 0.691. The van der Waals surface area contributed by atoms with Crippen molar-refractivity contribution in [2.45, 2.75) is 37.8 Å². The minimum atomic E-state index is 0.218. The van der Waals surface area contributed by atoms with E-state index in [4.69, 9.17) is 5.11 Å². The van der Waals surface area contributed by atoms with Crippen molar-refractivity contribution in [3.63, 3.8) is 0 Å². The minimum Gasteiger partial charge on any atom is -0.395 e. The third kappa shape index (κ3) is 2.84. The molecule has 1 saturated carbocycles. The van der Waals surface area contributed by atoms with E-state index in [0.717, 1.165) is 4.47 Å². The highest BCUT2D eigenvalue weighted by Crippen LogP contribution is 2.37. The van der Waals surface area contributed by atoms with Gasteiger partial charge in [-0.25, -0.2) is 0 Å². The molecule has 2 nitrogen and oxygen atoms in total. The Bertz CT molecular complexity index is 332. The first-order valence-electron chi connectivity index (χ1n) is 5.81. The average molecular weight is 284 g/mol. The molecule has 1 atom stereocenters. The molecule has 16 heavy (non-hydrogen) atoms. The first kappa shape index (κ1) is 12.1. The number of rotatable bonds is 4. The summed E-state index contributed by atoms with van der Waals surface area (Å²) in [5, 5.41) is 12.4. The Labute approximate surface area is 105 Å². The summed E-state index contributed by atoms with van der Waals surface area (Å²) in [4.78, 5) is 0. The Morgan fingerprint density at radius 3 is 2.56 bits per heavy atom. The maximum atomic E-state index is 8.95. The van der Waals surface area contributed by atoms with Gasteiger partial charge in [0, 0.05) is 16.6 Å². The van der Waals surface area contributed by atoms with Crippen LogP contribution in [0.15, 0.2) is 28.7 Å². The van der Waals surface area contributed by atoms with Crippen LogP contribution in [0.3, 0.4) is 0 Å². The molecular weight excluding hydrogens is 266 g/mol. The second kappa shape index (κ2) is 5.30. The summed E-state index contributed by atoms with van der Waals surface area (Å²) in [6.45, 7) is 2.24. The van der Waals surface area contributed by atoms with Crippen molar-refractivity contribution in [1.82, 2.24) is 5.32 Å². The number of aliphatic hydroxyl groups is 1. The lowest BCUT2D eigenvalue weighted by atomic mass is 9.75. The van der Waals surface area contributed by atoms with Gasteiger partial charge in [0.25, 0.3) is 0 Å². The highest BCUT2D eigenvalue weighted by Gasteiger charge is 2.30. The van der Waals surface area contributed by atoms with E-state index in [2.05, 4.69) is 45.5 Å². The number of nitrogens with one attached hydrogen (secondary N) is 1. The summed E-state index contributed by atoms with van der Waals surface area (Å²) in [5.41, 5.74) is 1.43. The van der Waals surface area contributed by atoms with Crippen LogP contribution in [-0.4, -0.2) is 23.8 Å². The molecule has 0 amide bonds. The minimum absolute atomic E-state index is 0.218. The van der Waals surface area contributed by atoms with E-state index in [1.54, 1.807) is 0 Å². The normalized spacial score (nSPS) is 26.2. The second-order valence-corrected chi connectivity index (χ2v) is 5.58. The van der Waals surface area contributed by atoms with Crippen LogP contribution < -0.4 is 5.32 Å². The van der Waals surface area contributed by atoms with Crippen molar-refractivity contribution >= 4 is 15.9 Å². The molecule has 1 aliphatic rings. The fraction of sp³-hybridized carbons (Fsp3) is 0.538. The van der Waals surface area contributed by atoms with Gasteiger partial charge in [0.2, 0.25) is 0 Å². The number of halogens is 1. The highest BCUT2D eigenvalue weighted by atomic mass is 79.9. The fourth-order valence-corrected chi connectivity index (χ4v) is 2.48. The van der Waals surface area contributed by atoms with E-state index in [-0.39, 0.29) is 12.6 Å². The van der Waals surface area contributed by atoms with Gasteiger partial charge >= 0.3 is 0 Å². The number of benzene rings is 1. The Morgan fingerprint density at radius 1 is 1.38 bits per heavy atom. The van der Waals surface area contributed by atoms with Gasteiger partial charge in [-0.2, -0.15) is 0 Å². The van der Waals surface area contributed by atoms with Crippen molar-refractivity contribution in [3.8, 4) is 0 Å². The van der Waals surface area contributed by atoms with Crippen LogP contribution >= 0.6 is 15.9 Å². The molecule has 0 radical (unpaired) electrons. The zero-order valence-corrected chi connectivity index (χ0v) is 11.1. The molecule has 1 aromatic carbocycles. The van der Waals surface area contributed by atoms with E-state index in [1.807, 2.05) is 6.92 Å². The van der Waals surface area contributed by atoms with Crippen molar-refractivity contribution in [2.24, 2.45) is 0 Å². The van der Waals surface area contributed by atoms with Gasteiger partial charge in [-0.15, -0.1) is 0 Å². The van der Waals surface area contributed by atoms with Crippen LogP contribution in [0.25, 0.3) is 0 Å². The lowest BCUT2D eigenvalue weighted by Crippen LogP contribution is -2.45. The molecule has 1 aromatic rings. The average Bonchev–Trinajstić information content (AvgIpc) is 2.24. The van der Waals surface area contributed by atoms with Crippen molar-refractivity contribution in [1.29, 1.82) is 0 Å². The largest absolute Gasteiger partial charge is 0.395 e. The summed E-state index contributed by atoms with van der Waals surface area (Å²) >= 11 is 3.45. The summed E-state index contributed by atoms with van der Waals surface area (Å²) in [7, 11) is 0. The van der Waals surface area contributed by atoms with E-state index in [0.29, 0.717) is 12.0 Å². The highest BCUT2D eigenvalue weighted by molar-refractivity contribution is 9.10. The predicted octanol–water partition coefficient (Wildman–Crippen LogP) is 2.67.